The molecule has 0 radical (unpaired) electrons. The van der Waals surface area contributed by atoms with E-state index in [4.69, 9.17) is 0 Å². The molecule has 0 bridgehead atoms. The highest BCUT2D eigenvalue weighted by Crippen LogP contribution is 2.38. The molecule has 3 aromatic rings. The minimum atomic E-state index is -0.567. The summed E-state index contributed by atoms with van der Waals surface area (Å²) in [5, 5.41) is 13.6. The molecule has 24 heavy (non-hydrogen) atoms. The van der Waals surface area contributed by atoms with Crippen LogP contribution in [0.5, 0.6) is 0 Å². The first kappa shape index (κ1) is 16.7. The van der Waals surface area contributed by atoms with Crippen molar-refractivity contribution in [3.63, 3.8) is 0 Å². The van der Waals surface area contributed by atoms with Crippen molar-refractivity contribution >= 4 is 10.8 Å². The van der Waals surface area contributed by atoms with Crippen LogP contribution in [-0.2, 0) is 5.41 Å². The first-order valence-corrected chi connectivity index (χ1v) is 8.38. The molecule has 2 heteroatoms. The SMILES string of the molecule is CN(C)CC(C)(c1ccc2ccccc2c1)C(O)c1ccccc1. The number of hydrogen-bond donors (Lipinski definition) is 1. The fourth-order valence-electron chi connectivity index (χ4n) is 3.54. The molecule has 124 valence electrons. The third-order valence-corrected chi connectivity index (χ3v) is 4.77. The number of aliphatic hydroxyl groups is 1. The molecule has 2 atom stereocenters. The van der Waals surface area contributed by atoms with E-state index >= 15 is 0 Å². The zero-order chi connectivity index (χ0) is 17.2. The second-order valence-corrected chi connectivity index (χ2v) is 7.03. The molecule has 0 fully saturated rings. The van der Waals surface area contributed by atoms with E-state index < -0.39 is 11.5 Å². The van der Waals surface area contributed by atoms with E-state index in [2.05, 4.69) is 68.4 Å². The van der Waals surface area contributed by atoms with Crippen molar-refractivity contribution in [2.45, 2.75) is 18.4 Å². The van der Waals surface area contributed by atoms with Crippen molar-refractivity contribution in [3.05, 3.63) is 83.9 Å². The minimum Gasteiger partial charge on any atom is -0.387 e. The number of fused-ring (bicyclic) bond motifs is 1. The van der Waals surface area contributed by atoms with E-state index in [1.165, 1.54) is 10.8 Å². The van der Waals surface area contributed by atoms with Crippen LogP contribution in [0.4, 0.5) is 0 Å². The number of rotatable bonds is 5. The molecule has 0 aliphatic carbocycles. The van der Waals surface area contributed by atoms with Crippen LogP contribution in [0.15, 0.2) is 72.8 Å². The summed E-state index contributed by atoms with van der Waals surface area (Å²) in [6, 6.07) is 24.8. The molecule has 0 aliphatic heterocycles. The molecule has 1 N–H and O–H groups in total. The van der Waals surface area contributed by atoms with Crippen LogP contribution < -0.4 is 0 Å². The topological polar surface area (TPSA) is 23.5 Å². The Bertz CT molecular complexity index is 812. The lowest BCUT2D eigenvalue weighted by Gasteiger charge is -2.38. The van der Waals surface area contributed by atoms with Gasteiger partial charge in [-0.2, -0.15) is 0 Å². The number of likely N-dealkylation sites (N-methyl/N-ethyl adjacent to an activating group) is 1. The second-order valence-electron chi connectivity index (χ2n) is 7.03. The van der Waals surface area contributed by atoms with Crippen molar-refractivity contribution in [2.24, 2.45) is 0 Å². The van der Waals surface area contributed by atoms with Crippen LogP contribution in [0.3, 0.4) is 0 Å². The van der Waals surface area contributed by atoms with Gasteiger partial charge in [-0.3, -0.25) is 0 Å². The Morgan fingerprint density at radius 3 is 2.17 bits per heavy atom. The molecule has 2 nitrogen and oxygen atoms in total. The predicted molar refractivity (Wildman–Crippen MR) is 101 cm³/mol. The molecule has 0 aromatic heterocycles. The average molecular weight is 319 g/mol. The lowest BCUT2D eigenvalue weighted by Crippen LogP contribution is -2.40. The lowest BCUT2D eigenvalue weighted by molar-refractivity contribution is 0.0713. The molecular formula is C22H25NO. The Kier molecular flexibility index (Phi) is 4.70. The Balaban J connectivity index is 2.09. The standard InChI is InChI=1S/C22H25NO/c1-22(16-23(2)3,21(24)18-10-5-4-6-11-18)20-14-13-17-9-7-8-12-19(17)15-20/h4-15,21,24H,16H2,1-3H3. The molecule has 0 amide bonds. The largest absolute Gasteiger partial charge is 0.387 e. The Labute approximate surface area is 144 Å². The number of benzene rings is 3. The maximum atomic E-state index is 11.2. The van der Waals surface area contributed by atoms with Gasteiger partial charge in [0.1, 0.15) is 0 Å². The quantitative estimate of drug-likeness (QED) is 0.754. The van der Waals surface area contributed by atoms with Crippen LogP contribution >= 0.6 is 0 Å². The second kappa shape index (κ2) is 6.76. The number of aliphatic hydroxyl groups excluding tert-OH is 1. The van der Waals surface area contributed by atoms with Crippen LogP contribution in [0.1, 0.15) is 24.2 Å². The van der Waals surface area contributed by atoms with Gasteiger partial charge in [0.25, 0.3) is 0 Å². The number of hydrogen-bond acceptors (Lipinski definition) is 2. The monoisotopic (exact) mass is 319 g/mol. The van der Waals surface area contributed by atoms with Gasteiger partial charge >= 0.3 is 0 Å². The Hall–Kier alpha value is -2.16. The highest BCUT2D eigenvalue weighted by molar-refractivity contribution is 5.83. The summed E-state index contributed by atoms with van der Waals surface area (Å²) in [5.74, 6) is 0. The fourth-order valence-corrected chi connectivity index (χ4v) is 3.54. The van der Waals surface area contributed by atoms with Crippen LogP contribution in [0, 0.1) is 0 Å². The molecule has 3 rings (SSSR count). The predicted octanol–water partition coefficient (Wildman–Crippen LogP) is 4.39. The number of nitrogens with zero attached hydrogens (tertiary/aromatic N) is 1. The molecule has 0 aliphatic rings. The Morgan fingerprint density at radius 1 is 0.875 bits per heavy atom. The molecule has 0 saturated carbocycles. The normalized spacial score (nSPS) is 15.4. The average Bonchev–Trinajstić information content (AvgIpc) is 2.60. The molecule has 2 unspecified atom stereocenters. The van der Waals surface area contributed by atoms with Crippen molar-refractivity contribution in [1.29, 1.82) is 0 Å². The van der Waals surface area contributed by atoms with E-state index in [0.717, 1.165) is 17.7 Å². The van der Waals surface area contributed by atoms with Gasteiger partial charge in [0.2, 0.25) is 0 Å². The van der Waals surface area contributed by atoms with Crippen molar-refractivity contribution in [2.75, 3.05) is 20.6 Å². The zero-order valence-electron chi connectivity index (χ0n) is 14.6. The van der Waals surface area contributed by atoms with Gasteiger partial charge in [-0.05, 0) is 36.0 Å². The molecular weight excluding hydrogens is 294 g/mol. The van der Waals surface area contributed by atoms with Crippen LogP contribution in [-0.4, -0.2) is 30.6 Å². The molecule has 3 aromatic carbocycles. The zero-order valence-corrected chi connectivity index (χ0v) is 14.6. The summed E-state index contributed by atoms with van der Waals surface area (Å²) in [6.45, 7) is 2.91. The van der Waals surface area contributed by atoms with Crippen molar-refractivity contribution in [3.8, 4) is 0 Å². The smallest absolute Gasteiger partial charge is 0.0896 e. The Morgan fingerprint density at radius 2 is 1.50 bits per heavy atom. The maximum Gasteiger partial charge on any atom is 0.0896 e. The third kappa shape index (κ3) is 3.21. The molecule has 0 heterocycles. The minimum absolute atomic E-state index is 0.394. The van der Waals surface area contributed by atoms with E-state index in [1.807, 2.05) is 30.3 Å². The van der Waals surface area contributed by atoms with Gasteiger partial charge in [0.05, 0.1) is 6.10 Å². The van der Waals surface area contributed by atoms with Crippen LogP contribution in [0.2, 0.25) is 0 Å². The molecule has 0 saturated heterocycles. The summed E-state index contributed by atoms with van der Waals surface area (Å²) in [7, 11) is 4.11. The fraction of sp³-hybridized carbons (Fsp3) is 0.273. The first-order valence-electron chi connectivity index (χ1n) is 8.38. The summed E-state index contributed by atoms with van der Waals surface area (Å²) in [5.41, 5.74) is 1.72. The van der Waals surface area contributed by atoms with Crippen molar-refractivity contribution < 1.29 is 5.11 Å². The molecule has 0 spiro atoms. The summed E-state index contributed by atoms with van der Waals surface area (Å²) in [6.07, 6.45) is -0.567. The van der Waals surface area contributed by atoms with Crippen LogP contribution in [0.25, 0.3) is 10.8 Å². The van der Waals surface area contributed by atoms with Gasteiger partial charge in [-0.25, -0.2) is 0 Å². The maximum absolute atomic E-state index is 11.2. The van der Waals surface area contributed by atoms with E-state index in [-0.39, 0.29) is 0 Å². The highest BCUT2D eigenvalue weighted by atomic mass is 16.3. The lowest BCUT2D eigenvalue weighted by atomic mass is 9.74. The summed E-state index contributed by atoms with van der Waals surface area (Å²) in [4.78, 5) is 2.14. The van der Waals surface area contributed by atoms with Crippen molar-refractivity contribution in [1.82, 2.24) is 4.90 Å². The van der Waals surface area contributed by atoms with Gasteiger partial charge in [0, 0.05) is 12.0 Å². The van der Waals surface area contributed by atoms with Gasteiger partial charge in [-0.15, -0.1) is 0 Å². The summed E-state index contributed by atoms with van der Waals surface area (Å²) < 4.78 is 0. The summed E-state index contributed by atoms with van der Waals surface area (Å²) >= 11 is 0. The first-order chi connectivity index (χ1) is 11.5. The van der Waals surface area contributed by atoms with Gasteiger partial charge in [0.15, 0.2) is 0 Å². The van der Waals surface area contributed by atoms with E-state index in [9.17, 15) is 5.11 Å². The van der Waals surface area contributed by atoms with Gasteiger partial charge in [-0.1, -0.05) is 79.7 Å². The highest BCUT2D eigenvalue weighted by Gasteiger charge is 2.36. The van der Waals surface area contributed by atoms with Gasteiger partial charge < -0.3 is 10.0 Å². The van der Waals surface area contributed by atoms with E-state index in [0.29, 0.717) is 0 Å². The third-order valence-electron chi connectivity index (χ3n) is 4.77. The van der Waals surface area contributed by atoms with E-state index in [1.54, 1.807) is 0 Å².